The Kier molecular flexibility index (Phi) is 5.35. The summed E-state index contributed by atoms with van der Waals surface area (Å²) in [6.07, 6.45) is 1.02. The molecule has 1 aliphatic rings. The predicted octanol–water partition coefficient (Wildman–Crippen LogP) is 3.76. The van der Waals surface area contributed by atoms with Gasteiger partial charge in [-0.05, 0) is 56.5 Å². The van der Waals surface area contributed by atoms with Crippen LogP contribution in [0, 0.1) is 12.3 Å². The van der Waals surface area contributed by atoms with Gasteiger partial charge in [0.2, 0.25) is 11.8 Å². The fourth-order valence-corrected chi connectivity index (χ4v) is 2.94. The molecule has 2 amide bonds. The summed E-state index contributed by atoms with van der Waals surface area (Å²) in [5.41, 5.74) is 1.06. The van der Waals surface area contributed by atoms with Crippen molar-refractivity contribution in [3.8, 4) is 11.5 Å². The number of amides is 2. The molecule has 6 nitrogen and oxygen atoms in total. The van der Waals surface area contributed by atoms with Crippen molar-refractivity contribution in [2.75, 3.05) is 24.4 Å². The average molecular weight is 368 g/mol. The lowest BCUT2D eigenvalue weighted by Gasteiger charge is -2.18. The number of hydrogen-bond acceptors (Lipinski definition) is 4. The fourth-order valence-electron chi connectivity index (χ4n) is 2.94. The van der Waals surface area contributed by atoms with Crippen LogP contribution in [-0.2, 0) is 9.59 Å². The first-order valence-corrected chi connectivity index (χ1v) is 8.99. The number of rotatable bonds is 7. The van der Waals surface area contributed by atoms with Crippen molar-refractivity contribution < 1.29 is 19.1 Å². The van der Waals surface area contributed by atoms with E-state index in [1.54, 1.807) is 25.3 Å². The predicted molar refractivity (Wildman–Crippen MR) is 104 cm³/mol. The molecule has 0 radical (unpaired) electrons. The molecule has 0 atom stereocenters. The number of aryl methyl sites for hydroxylation is 1. The molecule has 0 heterocycles. The highest BCUT2D eigenvalue weighted by molar-refractivity contribution is 6.17. The Bertz CT molecular complexity index is 859. The second kappa shape index (κ2) is 7.70. The van der Waals surface area contributed by atoms with Crippen LogP contribution in [-0.4, -0.2) is 25.5 Å². The lowest BCUT2D eigenvalue weighted by atomic mass is 10.0. The topological polar surface area (TPSA) is 76.7 Å². The minimum Gasteiger partial charge on any atom is -0.495 e. The van der Waals surface area contributed by atoms with Crippen LogP contribution in [0.15, 0.2) is 42.5 Å². The van der Waals surface area contributed by atoms with Gasteiger partial charge in [-0.1, -0.05) is 18.2 Å². The molecule has 0 aromatic heterocycles. The Morgan fingerprint density at radius 1 is 1.00 bits per heavy atom. The summed E-state index contributed by atoms with van der Waals surface area (Å²) in [7, 11) is 1.55. The molecule has 2 N–H and O–H groups in total. The van der Waals surface area contributed by atoms with Gasteiger partial charge < -0.3 is 20.1 Å². The van der Waals surface area contributed by atoms with Gasteiger partial charge in [-0.3, -0.25) is 9.59 Å². The normalized spacial score (nSPS) is 14.2. The average Bonchev–Trinajstić information content (AvgIpc) is 3.46. The monoisotopic (exact) mass is 368 g/mol. The maximum Gasteiger partial charge on any atom is 0.240 e. The zero-order valence-electron chi connectivity index (χ0n) is 15.8. The molecular weight excluding hydrogens is 344 g/mol. The highest BCUT2D eigenvalue weighted by Crippen LogP contribution is 2.48. The van der Waals surface area contributed by atoms with Crippen molar-refractivity contribution in [3.05, 3.63) is 48.0 Å². The van der Waals surface area contributed by atoms with Crippen LogP contribution < -0.4 is 20.1 Å². The summed E-state index contributed by atoms with van der Waals surface area (Å²) in [5.74, 6) is 0.508. The third-order valence-electron chi connectivity index (χ3n) is 4.66. The largest absolute Gasteiger partial charge is 0.495 e. The molecule has 2 aromatic carbocycles. The molecule has 1 aliphatic carbocycles. The summed E-state index contributed by atoms with van der Waals surface area (Å²) in [5, 5.41) is 5.70. The minimum atomic E-state index is -1.06. The van der Waals surface area contributed by atoms with Gasteiger partial charge in [0.25, 0.3) is 0 Å². The second-order valence-electron chi connectivity index (χ2n) is 6.62. The van der Waals surface area contributed by atoms with Crippen LogP contribution in [0.1, 0.15) is 25.3 Å². The number of para-hydroxylation sites is 2. The third kappa shape index (κ3) is 3.89. The van der Waals surface area contributed by atoms with E-state index in [1.807, 2.05) is 38.1 Å². The molecule has 0 unspecified atom stereocenters. The number of nitrogens with one attached hydrogen (secondary N) is 2. The van der Waals surface area contributed by atoms with Crippen LogP contribution in [0.25, 0.3) is 0 Å². The van der Waals surface area contributed by atoms with E-state index < -0.39 is 5.41 Å². The maximum atomic E-state index is 12.9. The molecule has 0 spiro atoms. The van der Waals surface area contributed by atoms with E-state index in [-0.39, 0.29) is 11.8 Å². The van der Waals surface area contributed by atoms with E-state index >= 15 is 0 Å². The number of anilines is 2. The summed E-state index contributed by atoms with van der Waals surface area (Å²) in [6.45, 7) is 4.30. The molecule has 0 saturated heterocycles. The van der Waals surface area contributed by atoms with Gasteiger partial charge in [0.05, 0.1) is 25.1 Å². The standard InChI is InChI=1S/C21H24N2O4/c1-4-27-18-8-6-5-7-15(18)22-19(24)21(11-12-21)20(25)23-16-13-14(2)9-10-17(16)26-3/h5-10,13H,4,11-12H2,1-3H3,(H,22,24)(H,23,25). The maximum absolute atomic E-state index is 12.9. The number of ether oxygens (including phenoxy) is 2. The first kappa shape index (κ1) is 18.8. The highest BCUT2D eigenvalue weighted by Gasteiger charge is 2.56. The van der Waals surface area contributed by atoms with Gasteiger partial charge in [0, 0.05) is 0 Å². The summed E-state index contributed by atoms with van der Waals surface area (Å²) in [4.78, 5) is 25.7. The first-order valence-electron chi connectivity index (χ1n) is 8.99. The molecule has 2 aromatic rings. The van der Waals surface area contributed by atoms with Crippen LogP contribution in [0.3, 0.4) is 0 Å². The van der Waals surface area contributed by atoms with Gasteiger partial charge in [-0.25, -0.2) is 0 Å². The zero-order valence-corrected chi connectivity index (χ0v) is 15.8. The Labute approximate surface area is 158 Å². The molecule has 0 aliphatic heterocycles. The van der Waals surface area contributed by atoms with Crippen LogP contribution in [0.2, 0.25) is 0 Å². The van der Waals surface area contributed by atoms with Crippen molar-refractivity contribution in [1.82, 2.24) is 0 Å². The van der Waals surface area contributed by atoms with Gasteiger partial charge in [0.1, 0.15) is 16.9 Å². The number of methoxy groups -OCH3 is 1. The van der Waals surface area contributed by atoms with E-state index in [1.165, 1.54) is 0 Å². The van der Waals surface area contributed by atoms with Gasteiger partial charge in [0.15, 0.2) is 0 Å². The van der Waals surface area contributed by atoms with Crippen molar-refractivity contribution in [2.45, 2.75) is 26.7 Å². The number of hydrogen-bond donors (Lipinski definition) is 2. The van der Waals surface area contributed by atoms with E-state index in [0.717, 1.165) is 5.56 Å². The fraction of sp³-hybridized carbons (Fsp3) is 0.333. The van der Waals surface area contributed by atoms with Crippen molar-refractivity contribution in [2.24, 2.45) is 5.41 Å². The Hall–Kier alpha value is -3.02. The van der Waals surface area contributed by atoms with Crippen LogP contribution >= 0.6 is 0 Å². The van der Waals surface area contributed by atoms with Gasteiger partial charge in [-0.2, -0.15) is 0 Å². The lowest BCUT2D eigenvalue weighted by Crippen LogP contribution is -2.35. The number of benzene rings is 2. The molecule has 0 bridgehead atoms. The number of carbonyl (C=O) groups excluding carboxylic acids is 2. The Morgan fingerprint density at radius 3 is 2.30 bits per heavy atom. The number of carbonyl (C=O) groups is 2. The van der Waals surface area contributed by atoms with E-state index in [4.69, 9.17) is 9.47 Å². The molecule has 1 saturated carbocycles. The SMILES string of the molecule is CCOc1ccccc1NC(=O)C1(C(=O)Nc2cc(C)ccc2OC)CC1. The summed E-state index contributed by atoms with van der Waals surface area (Å²) < 4.78 is 10.8. The van der Waals surface area contributed by atoms with E-state index in [0.29, 0.717) is 42.3 Å². The second-order valence-corrected chi connectivity index (χ2v) is 6.62. The Balaban J connectivity index is 1.76. The quantitative estimate of drug-likeness (QED) is 0.730. The van der Waals surface area contributed by atoms with Gasteiger partial charge in [-0.15, -0.1) is 0 Å². The summed E-state index contributed by atoms with van der Waals surface area (Å²) in [6, 6.07) is 12.7. The van der Waals surface area contributed by atoms with Crippen molar-refractivity contribution >= 4 is 23.2 Å². The van der Waals surface area contributed by atoms with Crippen molar-refractivity contribution in [1.29, 1.82) is 0 Å². The van der Waals surface area contributed by atoms with Crippen LogP contribution in [0.5, 0.6) is 11.5 Å². The molecular formula is C21H24N2O4. The first-order chi connectivity index (χ1) is 13.0. The molecule has 142 valence electrons. The molecule has 6 heteroatoms. The Morgan fingerprint density at radius 2 is 1.67 bits per heavy atom. The molecule has 1 fully saturated rings. The molecule has 3 rings (SSSR count). The smallest absolute Gasteiger partial charge is 0.240 e. The third-order valence-corrected chi connectivity index (χ3v) is 4.66. The van der Waals surface area contributed by atoms with Crippen molar-refractivity contribution in [3.63, 3.8) is 0 Å². The zero-order chi connectivity index (χ0) is 19.4. The van der Waals surface area contributed by atoms with Crippen LogP contribution in [0.4, 0.5) is 11.4 Å². The van der Waals surface area contributed by atoms with Gasteiger partial charge >= 0.3 is 0 Å². The molecule has 27 heavy (non-hydrogen) atoms. The lowest BCUT2D eigenvalue weighted by molar-refractivity contribution is -0.131. The summed E-state index contributed by atoms with van der Waals surface area (Å²) >= 11 is 0. The van der Waals surface area contributed by atoms with E-state index in [9.17, 15) is 9.59 Å². The highest BCUT2D eigenvalue weighted by atomic mass is 16.5. The van der Waals surface area contributed by atoms with E-state index in [2.05, 4.69) is 10.6 Å². The minimum absolute atomic E-state index is 0.321.